The van der Waals surface area contributed by atoms with Gasteiger partial charge in [0.05, 0.1) is 0 Å². The highest BCUT2D eigenvalue weighted by Crippen LogP contribution is 2.37. The van der Waals surface area contributed by atoms with Crippen LogP contribution in [0.5, 0.6) is 0 Å². The highest BCUT2D eigenvalue weighted by molar-refractivity contribution is 6.26. The average Bonchev–Trinajstić information content (AvgIpc) is 2.51. The molecule has 0 bridgehead atoms. The average molecular weight is 272 g/mol. The minimum Gasteiger partial charge on any atom is -0.294 e. The van der Waals surface area contributed by atoms with Crippen LogP contribution < -0.4 is 0 Å². The summed E-state index contributed by atoms with van der Waals surface area (Å²) in [5, 5.41) is 7.31. The molecule has 4 aromatic carbocycles. The van der Waals surface area contributed by atoms with Crippen molar-refractivity contribution in [3.05, 3.63) is 59.7 Å². The molecule has 0 heterocycles. The van der Waals surface area contributed by atoms with Crippen molar-refractivity contribution in [3.8, 4) is 0 Å². The van der Waals surface area contributed by atoms with Crippen LogP contribution in [0, 0.1) is 6.92 Å². The molecular formula is C20H16O. The molecule has 0 aromatic heterocycles. The van der Waals surface area contributed by atoms with Crippen molar-refractivity contribution in [2.45, 2.75) is 20.3 Å². The van der Waals surface area contributed by atoms with Gasteiger partial charge in [-0.1, -0.05) is 55.5 Å². The van der Waals surface area contributed by atoms with Crippen LogP contribution in [0.25, 0.3) is 32.3 Å². The second-order valence-electron chi connectivity index (χ2n) is 5.70. The van der Waals surface area contributed by atoms with Crippen LogP contribution in [0.15, 0.2) is 48.5 Å². The first-order chi connectivity index (χ1) is 10.2. The van der Waals surface area contributed by atoms with Gasteiger partial charge in [-0.05, 0) is 44.8 Å². The van der Waals surface area contributed by atoms with Gasteiger partial charge in [-0.15, -0.1) is 0 Å². The van der Waals surface area contributed by atoms with Crippen LogP contribution in [-0.2, 0) is 0 Å². The van der Waals surface area contributed by atoms with E-state index in [0.29, 0.717) is 6.42 Å². The minimum absolute atomic E-state index is 0.227. The van der Waals surface area contributed by atoms with Gasteiger partial charge in [0, 0.05) is 12.0 Å². The number of rotatable bonds is 2. The first-order valence-electron chi connectivity index (χ1n) is 7.41. The molecule has 0 saturated heterocycles. The fraction of sp³-hybridized carbons (Fsp3) is 0.150. The number of ketones is 1. The SMILES string of the molecule is CCC(=O)c1c(C)cc2ccc3cccc4ccc1c2c34. The first kappa shape index (κ1) is 12.3. The predicted octanol–water partition coefficient (Wildman–Crippen LogP) is 5.49. The van der Waals surface area contributed by atoms with E-state index in [-0.39, 0.29) is 5.78 Å². The smallest absolute Gasteiger partial charge is 0.163 e. The van der Waals surface area contributed by atoms with Gasteiger partial charge in [-0.3, -0.25) is 4.79 Å². The van der Waals surface area contributed by atoms with Crippen LogP contribution in [0.2, 0.25) is 0 Å². The fourth-order valence-electron chi connectivity index (χ4n) is 3.50. The summed E-state index contributed by atoms with van der Waals surface area (Å²) in [5.41, 5.74) is 1.97. The standard InChI is InChI=1S/C20H16O/c1-3-17(21)18-12(2)11-15-8-7-13-5-4-6-14-9-10-16(18)20(15)19(13)14/h4-11H,3H2,1-2H3. The molecule has 0 radical (unpaired) electrons. The maximum atomic E-state index is 12.4. The lowest BCUT2D eigenvalue weighted by atomic mass is 9.88. The monoisotopic (exact) mass is 272 g/mol. The zero-order chi connectivity index (χ0) is 14.6. The van der Waals surface area contributed by atoms with Gasteiger partial charge in [0.15, 0.2) is 5.78 Å². The van der Waals surface area contributed by atoms with Crippen LogP contribution in [0.1, 0.15) is 29.3 Å². The third-order valence-corrected chi connectivity index (χ3v) is 4.44. The third kappa shape index (κ3) is 1.61. The van der Waals surface area contributed by atoms with Crippen molar-refractivity contribution in [2.24, 2.45) is 0 Å². The first-order valence-corrected chi connectivity index (χ1v) is 7.41. The number of benzene rings is 4. The van der Waals surface area contributed by atoms with E-state index in [2.05, 4.69) is 48.5 Å². The quantitative estimate of drug-likeness (QED) is 0.348. The van der Waals surface area contributed by atoms with E-state index in [1.54, 1.807) is 0 Å². The summed E-state index contributed by atoms with van der Waals surface area (Å²) >= 11 is 0. The van der Waals surface area contributed by atoms with Gasteiger partial charge in [0.2, 0.25) is 0 Å². The topological polar surface area (TPSA) is 17.1 Å². The Morgan fingerprint density at radius 1 is 0.905 bits per heavy atom. The zero-order valence-electron chi connectivity index (χ0n) is 12.2. The summed E-state index contributed by atoms with van der Waals surface area (Å²) < 4.78 is 0. The lowest BCUT2D eigenvalue weighted by molar-refractivity contribution is 0.0989. The second-order valence-corrected chi connectivity index (χ2v) is 5.70. The van der Waals surface area contributed by atoms with Gasteiger partial charge < -0.3 is 0 Å². The molecule has 4 rings (SSSR count). The minimum atomic E-state index is 0.227. The van der Waals surface area contributed by atoms with Crippen LogP contribution in [0.4, 0.5) is 0 Å². The molecule has 4 aromatic rings. The summed E-state index contributed by atoms with van der Waals surface area (Å²) in [6, 6.07) is 17.1. The van der Waals surface area contributed by atoms with Crippen molar-refractivity contribution < 1.29 is 4.79 Å². The number of carbonyl (C=O) groups is 1. The number of aryl methyl sites for hydroxylation is 1. The number of Topliss-reactive ketones (excluding diaryl/α,β-unsaturated/α-hetero) is 1. The summed E-state index contributed by atoms with van der Waals surface area (Å²) in [5.74, 6) is 0.227. The Bertz CT molecular complexity index is 979. The predicted molar refractivity (Wildman–Crippen MR) is 89.5 cm³/mol. The molecule has 0 aliphatic rings. The van der Waals surface area contributed by atoms with Crippen LogP contribution in [-0.4, -0.2) is 5.78 Å². The van der Waals surface area contributed by atoms with Crippen molar-refractivity contribution in [1.82, 2.24) is 0 Å². The maximum absolute atomic E-state index is 12.4. The molecule has 102 valence electrons. The number of carbonyl (C=O) groups excluding carboxylic acids is 1. The molecule has 0 aliphatic carbocycles. The van der Waals surface area contributed by atoms with Gasteiger partial charge in [0.25, 0.3) is 0 Å². The van der Waals surface area contributed by atoms with Crippen LogP contribution >= 0.6 is 0 Å². The third-order valence-electron chi connectivity index (χ3n) is 4.44. The van der Waals surface area contributed by atoms with Crippen molar-refractivity contribution in [3.63, 3.8) is 0 Å². The van der Waals surface area contributed by atoms with E-state index < -0.39 is 0 Å². The van der Waals surface area contributed by atoms with E-state index in [9.17, 15) is 4.79 Å². The molecule has 0 aliphatic heterocycles. The van der Waals surface area contributed by atoms with Crippen molar-refractivity contribution >= 4 is 38.1 Å². The maximum Gasteiger partial charge on any atom is 0.163 e. The molecule has 21 heavy (non-hydrogen) atoms. The molecule has 0 unspecified atom stereocenters. The Labute approximate surface area is 123 Å². The molecule has 0 atom stereocenters. The Hall–Kier alpha value is -2.41. The van der Waals surface area contributed by atoms with Crippen molar-refractivity contribution in [2.75, 3.05) is 0 Å². The second kappa shape index (κ2) is 4.29. The Balaban J connectivity index is 2.32. The molecule has 0 spiro atoms. The molecule has 0 saturated carbocycles. The Morgan fingerprint density at radius 2 is 1.57 bits per heavy atom. The normalized spacial score (nSPS) is 11.7. The van der Waals surface area contributed by atoms with E-state index in [4.69, 9.17) is 0 Å². The van der Waals surface area contributed by atoms with E-state index in [0.717, 1.165) is 16.5 Å². The molecule has 0 amide bonds. The Morgan fingerprint density at radius 3 is 2.29 bits per heavy atom. The molecule has 0 fully saturated rings. The summed E-state index contributed by atoms with van der Waals surface area (Å²) in [6.07, 6.45) is 0.546. The highest BCUT2D eigenvalue weighted by atomic mass is 16.1. The molecule has 1 heteroatoms. The molecule has 1 nitrogen and oxygen atoms in total. The van der Waals surface area contributed by atoms with E-state index >= 15 is 0 Å². The summed E-state index contributed by atoms with van der Waals surface area (Å²) in [7, 11) is 0. The number of hydrogen-bond donors (Lipinski definition) is 0. The lowest BCUT2D eigenvalue weighted by Crippen LogP contribution is -2.02. The number of hydrogen-bond acceptors (Lipinski definition) is 1. The van der Waals surface area contributed by atoms with Gasteiger partial charge in [0.1, 0.15) is 0 Å². The van der Waals surface area contributed by atoms with Gasteiger partial charge in [-0.2, -0.15) is 0 Å². The fourth-order valence-corrected chi connectivity index (χ4v) is 3.50. The largest absolute Gasteiger partial charge is 0.294 e. The van der Waals surface area contributed by atoms with E-state index in [1.807, 2.05) is 13.8 Å². The summed E-state index contributed by atoms with van der Waals surface area (Å²) in [6.45, 7) is 3.97. The summed E-state index contributed by atoms with van der Waals surface area (Å²) in [4.78, 5) is 12.4. The van der Waals surface area contributed by atoms with Gasteiger partial charge in [-0.25, -0.2) is 0 Å². The van der Waals surface area contributed by atoms with E-state index in [1.165, 1.54) is 26.9 Å². The Kier molecular flexibility index (Phi) is 2.52. The lowest BCUT2D eigenvalue weighted by Gasteiger charge is -2.15. The molecule has 0 N–H and O–H groups in total. The van der Waals surface area contributed by atoms with Gasteiger partial charge >= 0.3 is 0 Å². The van der Waals surface area contributed by atoms with Crippen molar-refractivity contribution in [1.29, 1.82) is 0 Å². The van der Waals surface area contributed by atoms with Crippen LogP contribution in [0.3, 0.4) is 0 Å². The molecular weight excluding hydrogens is 256 g/mol. The zero-order valence-corrected chi connectivity index (χ0v) is 12.2. The highest BCUT2D eigenvalue weighted by Gasteiger charge is 2.16.